The number of aryl methyl sites for hydroxylation is 1. The Hall–Kier alpha value is -1.06. The maximum absolute atomic E-state index is 12.3. The summed E-state index contributed by atoms with van der Waals surface area (Å²) in [7, 11) is 0. The van der Waals surface area contributed by atoms with E-state index in [1.165, 1.54) is 25.7 Å². The number of fused-ring (bicyclic) bond motifs is 1. The molecule has 1 amide bonds. The molecule has 1 saturated heterocycles. The zero-order chi connectivity index (χ0) is 13.2. The van der Waals surface area contributed by atoms with Crippen LogP contribution in [0, 0.1) is 12.8 Å². The molecule has 0 radical (unpaired) electrons. The summed E-state index contributed by atoms with van der Waals surface area (Å²) in [6.45, 7) is 2.03. The van der Waals surface area contributed by atoms with Crippen LogP contribution in [0.25, 0.3) is 0 Å². The van der Waals surface area contributed by atoms with Gasteiger partial charge in [-0.3, -0.25) is 4.79 Å². The predicted molar refractivity (Wildman–Crippen MR) is 84.3 cm³/mol. The van der Waals surface area contributed by atoms with Gasteiger partial charge in [-0.1, -0.05) is 31.0 Å². The summed E-state index contributed by atoms with van der Waals surface area (Å²) >= 11 is 0. The topological polar surface area (TPSA) is 41.1 Å². The van der Waals surface area contributed by atoms with E-state index in [9.17, 15) is 4.79 Å². The smallest absolute Gasteiger partial charge is 0.241 e. The quantitative estimate of drug-likeness (QED) is 0.879. The van der Waals surface area contributed by atoms with Crippen LogP contribution in [0.2, 0.25) is 0 Å². The number of hydrogen-bond donors (Lipinski definition) is 2. The number of benzene rings is 1. The second kappa shape index (κ2) is 6.59. The van der Waals surface area contributed by atoms with Crippen molar-refractivity contribution in [1.29, 1.82) is 0 Å². The minimum Gasteiger partial charge on any atom is -0.324 e. The lowest BCUT2D eigenvalue weighted by molar-refractivity contribution is -0.117. The number of hydrogen-bond acceptors (Lipinski definition) is 2. The molecular weight excluding hydrogens is 272 g/mol. The standard InChI is InChI=1S/C16H22N2O.ClH/c1-11-6-2-4-8-13(11)18-16(19)15-10-12-7-3-5-9-14(12)17-15;/h2,4,6,8,12,14-15,17H,3,5,7,9-10H2,1H3,(H,18,19);1H. The average Bonchev–Trinajstić information content (AvgIpc) is 2.85. The normalized spacial score (nSPS) is 28.4. The minimum absolute atomic E-state index is 0. The molecule has 1 aromatic rings. The van der Waals surface area contributed by atoms with Crippen LogP contribution in [-0.4, -0.2) is 18.0 Å². The van der Waals surface area contributed by atoms with Gasteiger partial charge in [0.05, 0.1) is 6.04 Å². The van der Waals surface area contributed by atoms with E-state index in [1.807, 2.05) is 31.2 Å². The lowest BCUT2D eigenvalue weighted by Gasteiger charge is -2.24. The van der Waals surface area contributed by atoms with Crippen molar-refractivity contribution in [2.24, 2.45) is 5.92 Å². The Morgan fingerprint density at radius 3 is 2.75 bits per heavy atom. The van der Waals surface area contributed by atoms with Crippen molar-refractivity contribution >= 4 is 24.0 Å². The zero-order valence-corrected chi connectivity index (χ0v) is 12.7. The Morgan fingerprint density at radius 1 is 1.25 bits per heavy atom. The van der Waals surface area contributed by atoms with Crippen molar-refractivity contribution < 1.29 is 4.79 Å². The number of carbonyl (C=O) groups excluding carboxylic acids is 1. The van der Waals surface area contributed by atoms with E-state index in [4.69, 9.17) is 0 Å². The number of carbonyl (C=O) groups is 1. The Kier molecular flexibility index (Phi) is 5.06. The van der Waals surface area contributed by atoms with Gasteiger partial charge < -0.3 is 10.6 Å². The van der Waals surface area contributed by atoms with E-state index >= 15 is 0 Å². The Labute approximate surface area is 126 Å². The van der Waals surface area contributed by atoms with Crippen LogP contribution in [0.1, 0.15) is 37.7 Å². The molecule has 2 fully saturated rings. The fourth-order valence-corrected chi connectivity index (χ4v) is 3.45. The molecule has 4 heteroatoms. The third kappa shape index (κ3) is 3.15. The highest BCUT2D eigenvalue weighted by Gasteiger charge is 2.38. The van der Waals surface area contributed by atoms with Crippen molar-refractivity contribution in [2.45, 2.75) is 51.1 Å². The molecule has 20 heavy (non-hydrogen) atoms. The largest absolute Gasteiger partial charge is 0.324 e. The molecule has 1 aliphatic carbocycles. The number of rotatable bonds is 2. The average molecular weight is 295 g/mol. The molecule has 3 rings (SSSR count). The molecule has 2 aliphatic rings. The van der Waals surface area contributed by atoms with E-state index in [-0.39, 0.29) is 24.4 Å². The molecule has 3 unspecified atom stereocenters. The van der Waals surface area contributed by atoms with Gasteiger partial charge in [0.15, 0.2) is 0 Å². The van der Waals surface area contributed by atoms with Crippen molar-refractivity contribution in [3.63, 3.8) is 0 Å². The second-order valence-electron chi connectivity index (χ2n) is 5.91. The van der Waals surface area contributed by atoms with Crippen molar-refractivity contribution in [3.05, 3.63) is 29.8 Å². The first-order valence-corrected chi connectivity index (χ1v) is 7.36. The van der Waals surface area contributed by atoms with Gasteiger partial charge in [-0.25, -0.2) is 0 Å². The number of nitrogens with one attached hydrogen (secondary N) is 2. The third-order valence-electron chi connectivity index (χ3n) is 4.58. The summed E-state index contributed by atoms with van der Waals surface area (Å²) < 4.78 is 0. The first kappa shape index (κ1) is 15.3. The summed E-state index contributed by atoms with van der Waals surface area (Å²) in [5, 5.41) is 6.58. The van der Waals surface area contributed by atoms with Gasteiger partial charge >= 0.3 is 0 Å². The van der Waals surface area contributed by atoms with Crippen molar-refractivity contribution in [1.82, 2.24) is 5.32 Å². The summed E-state index contributed by atoms with van der Waals surface area (Å²) in [5.41, 5.74) is 2.05. The first-order chi connectivity index (χ1) is 9.24. The molecular formula is C16H23ClN2O. The van der Waals surface area contributed by atoms with E-state index < -0.39 is 0 Å². The monoisotopic (exact) mass is 294 g/mol. The van der Waals surface area contributed by atoms with Gasteiger partial charge in [0, 0.05) is 11.7 Å². The van der Waals surface area contributed by atoms with E-state index in [2.05, 4.69) is 10.6 Å². The van der Waals surface area contributed by atoms with Gasteiger partial charge in [0.25, 0.3) is 0 Å². The molecule has 1 aliphatic heterocycles. The molecule has 3 nitrogen and oxygen atoms in total. The molecule has 0 spiro atoms. The van der Waals surface area contributed by atoms with Crippen molar-refractivity contribution in [2.75, 3.05) is 5.32 Å². The molecule has 3 atom stereocenters. The van der Waals surface area contributed by atoms with Crippen LogP contribution in [0.3, 0.4) is 0 Å². The summed E-state index contributed by atoms with van der Waals surface area (Å²) in [6, 6.07) is 8.51. The fourth-order valence-electron chi connectivity index (χ4n) is 3.45. The van der Waals surface area contributed by atoms with E-state index in [1.54, 1.807) is 0 Å². The van der Waals surface area contributed by atoms with Crippen LogP contribution >= 0.6 is 12.4 Å². The van der Waals surface area contributed by atoms with Crippen molar-refractivity contribution in [3.8, 4) is 0 Å². The minimum atomic E-state index is -0.00675. The number of anilines is 1. The van der Waals surface area contributed by atoms with E-state index in [0.29, 0.717) is 12.0 Å². The highest BCUT2D eigenvalue weighted by atomic mass is 35.5. The number of halogens is 1. The second-order valence-corrected chi connectivity index (χ2v) is 5.91. The summed E-state index contributed by atoms with van der Waals surface area (Å²) in [6.07, 6.45) is 6.16. The lowest BCUT2D eigenvalue weighted by atomic mass is 9.85. The Balaban J connectivity index is 0.00000147. The van der Waals surface area contributed by atoms with Gasteiger partial charge in [0.1, 0.15) is 0 Å². The lowest BCUT2D eigenvalue weighted by Crippen LogP contribution is -2.40. The molecule has 1 saturated carbocycles. The van der Waals surface area contributed by atoms with Gasteiger partial charge in [-0.2, -0.15) is 0 Å². The number of amides is 1. The first-order valence-electron chi connectivity index (χ1n) is 7.36. The van der Waals surface area contributed by atoms with Crippen LogP contribution in [0.15, 0.2) is 24.3 Å². The van der Waals surface area contributed by atoms with Crippen LogP contribution < -0.4 is 10.6 Å². The molecule has 1 heterocycles. The zero-order valence-electron chi connectivity index (χ0n) is 11.9. The van der Waals surface area contributed by atoms with Crippen LogP contribution in [-0.2, 0) is 4.79 Å². The Morgan fingerprint density at radius 2 is 2.00 bits per heavy atom. The Bertz CT molecular complexity index is 463. The van der Waals surface area contributed by atoms with Gasteiger partial charge in [-0.15, -0.1) is 12.4 Å². The SMILES string of the molecule is Cc1ccccc1NC(=O)C1CC2CCCCC2N1.Cl. The maximum atomic E-state index is 12.3. The van der Waals surface area contributed by atoms with Crippen LogP contribution in [0.5, 0.6) is 0 Å². The van der Waals surface area contributed by atoms with Gasteiger partial charge in [0.2, 0.25) is 5.91 Å². The third-order valence-corrected chi connectivity index (χ3v) is 4.58. The molecule has 110 valence electrons. The van der Waals surface area contributed by atoms with Gasteiger partial charge in [-0.05, 0) is 43.7 Å². The highest BCUT2D eigenvalue weighted by Crippen LogP contribution is 2.33. The fraction of sp³-hybridized carbons (Fsp3) is 0.562. The van der Waals surface area contributed by atoms with E-state index in [0.717, 1.165) is 17.7 Å². The maximum Gasteiger partial charge on any atom is 0.241 e. The molecule has 0 bridgehead atoms. The number of para-hydroxylation sites is 1. The molecule has 1 aromatic carbocycles. The molecule has 2 N–H and O–H groups in total. The summed E-state index contributed by atoms with van der Waals surface area (Å²) in [4.78, 5) is 12.3. The predicted octanol–water partition coefficient (Wildman–Crippen LogP) is 3.28. The molecule has 0 aromatic heterocycles. The summed E-state index contributed by atoms with van der Waals surface area (Å²) in [5.74, 6) is 0.838. The highest BCUT2D eigenvalue weighted by molar-refractivity contribution is 5.95. The van der Waals surface area contributed by atoms with Crippen LogP contribution in [0.4, 0.5) is 5.69 Å².